The van der Waals surface area contributed by atoms with E-state index in [1.54, 1.807) is 20.8 Å². The zero-order chi connectivity index (χ0) is 12.4. The van der Waals surface area contributed by atoms with Gasteiger partial charge in [-0.15, -0.1) is 0 Å². The summed E-state index contributed by atoms with van der Waals surface area (Å²) in [6.45, 7) is 7.33. The predicted molar refractivity (Wildman–Crippen MR) is 62.1 cm³/mol. The number of likely N-dealkylation sites (tertiary alicyclic amines) is 1. The average molecular weight is 229 g/mol. The van der Waals surface area contributed by atoms with Crippen LogP contribution in [0.2, 0.25) is 0 Å². The zero-order valence-corrected chi connectivity index (χ0v) is 10.7. The van der Waals surface area contributed by atoms with Crippen LogP contribution in [0.1, 0.15) is 33.6 Å². The number of rotatable bonds is 3. The SMILES string of the molecule is CCOC(=O)C(C)(C)C1(O)CCN(C)CC1. The van der Waals surface area contributed by atoms with Crippen LogP contribution in [0.3, 0.4) is 0 Å². The molecule has 1 fully saturated rings. The van der Waals surface area contributed by atoms with Gasteiger partial charge in [0, 0.05) is 13.1 Å². The van der Waals surface area contributed by atoms with E-state index in [1.807, 2.05) is 7.05 Å². The van der Waals surface area contributed by atoms with Crippen LogP contribution in [0.5, 0.6) is 0 Å². The minimum absolute atomic E-state index is 0.304. The van der Waals surface area contributed by atoms with Crippen LogP contribution in [0.25, 0.3) is 0 Å². The van der Waals surface area contributed by atoms with Crippen molar-refractivity contribution in [1.29, 1.82) is 0 Å². The minimum atomic E-state index is -0.939. The van der Waals surface area contributed by atoms with E-state index >= 15 is 0 Å². The second-order valence-corrected chi connectivity index (χ2v) is 5.18. The van der Waals surface area contributed by atoms with E-state index in [0.29, 0.717) is 19.4 Å². The van der Waals surface area contributed by atoms with Gasteiger partial charge in [-0.3, -0.25) is 4.79 Å². The third-order valence-electron chi connectivity index (χ3n) is 3.76. The first-order valence-corrected chi connectivity index (χ1v) is 5.91. The molecule has 94 valence electrons. The van der Waals surface area contributed by atoms with E-state index in [1.165, 1.54) is 0 Å². The monoisotopic (exact) mass is 229 g/mol. The summed E-state index contributed by atoms with van der Waals surface area (Å²) in [6, 6.07) is 0. The Kier molecular flexibility index (Phi) is 3.97. The molecule has 1 aliphatic heterocycles. The summed E-state index contributed by atoms with van der Waals surface area (Å²) in [4.78, 5) is 14.0. The molecule has 4 heteroatoms. The van der Waals surface area contributed by atoms with Gasteiger partial charge >= 0.3 is 5.97 Å². The molecule has 0 amide bonds. The van der Waals surface area contributed by atoms with Crippen molar-refractivity contribution in [3.8, 4) is 0 Å². The van der Waals surface area contributed by atoms with E-state index in [4.69, 9.17) is 4.74 Å². The summed E-state index contributed by atoms with van der Waals surface area (Å²) in [5.41, 5.74) is -1.77. The first-order valence-electron chi connectivity index (χ1n) is 5.91. The number of hydrogen-bond acceptors (Lipinski definition) is 4. The molecule has 0 bridgehead atoms. The van der Waals surface area contributed by atoms with Gasteiger partial charge in [0.15, 0.2) is 0 Å². The van der Waals surface area contributed by atoms with Gasteiger partial charge in [-0.05, 0) is 40.7 Å². The highest BCUT2D eigenvalue weighted by Crippen LogP contribution is 2.39. The molecule has 1 saturated heterocycles. The van der Waals surface area contributed by atoms with Crippen LogP contribution >= 0.6 is 0 Å². The normalized spacial score (nSPS) is 21.8. The van der Waals surface area contributed by atoms with Gasteiger partial charge in [0.2, 0.25) is 0 Å². The van der Waals surface area contributed by atoms with Crippen molar-refractivity contribution in [3.63, 3.8) is 0 Å². The quantitative estimate of drug-likeness (QED) is 0.734. The number of piperidine rings is 1. The summed E-state index contributed by atoms with van der Waals surface area (Å²) in [7, 11) is 2.02. The van der Waals surface area contributed by atoms with E-state index in [2.05, 4.69) is 4.90 Å². The highest BCUT2D eigenvalue weighted by Gasteiger charge is 2.50. The number of carbonyl (C=O) groups excluding carboxylic acids is 1. The highest BCUT2D eigenvalue weighted by atomic mass is 16.5. The summed E-state index contributed by atoms with van der Waals surface area (Å²) in [6.07, 6.45) is 1.24. The molecule has 0 unspecified atom stereocenters. The van der Waals surface area contributed by atoms with Crippen LogP contribution in [-0.4, -0.2) is 48.3 Å². The lowest BCUT2D eigenvalue weighted by molar-refractivity contribution is -0.176. The molecular weight excluding hydrogens is 206 g/mol. The summed E-state index contributed by atoms with van der Waals surface area (Å²) < 4.78 is 5.04. The lowest BCUT2D eigenvalue weighted by Crippen LogP contribution is -2.55. The van der Waals surface area contributed by atoms with Crippen molar-refractivity contribution in [1.82, 2.24) is 4.90 Å². The number of esters is 1. The molecule has 1 aliphatic rings. The summed E-state index contributed by atoms with van der Waals surface area (Å²) in [5.74, 6) is -0.304. The molecular formula is C12H23NO3. The van der Waals surface area contributed by atoms with Gasteiger partial charge in [-0.1, -0.05) is 0 Å². The molecule has 0 aromatic carbocycles. The standard InChI is InChI=1S/C12H23NO3/c1-5-16-10(14)11(2,3)12(15)6-8-13(4)9-7-12/h15H,5-9H2,1-4H3. The largest absolute Gasteiger partial charge is 0.465 e. The van der Waals surface area contributed by atoms with Crippen molar-refractivity contribution in [3.05, 3.63) is 0 Å². The molecule has 4 nitrogen and oxygen atoms in total. The fourth-order valence-electron chi connectivity index (χ4n) is 2.11. The molecule has 0 aromatic rings. The fraction of sp³-hybridized carbons (Fsp3) is 0.917. The van der Waals surface area contributed by atoms with E-state index in [9.17, 15) is 9.90 Å². The first kappa shape index (κ1) is 13.5. The van der Waals surface area contributed by atoms with Gasteiger partial charge in [0.1, 0.15) is 0 Å². The van der Waals surface area contributed by atoms with Crippen molar-refractivity contribution in [2.75, 3.05) is 26.7 Å². The third kappa shape index (κ3) is 2.38. The molecule has 0 aromatic heterocycles. The third-order valence-corrected chi connectivity index (χ3v) is 3.76. The lowest BCUT2D eigenvalue weighted by atomic mass is 9.69. The van der Waals surface area contributed by atoms with Crippen LogP contribution in [0, 0.1) is 5.41 Å². The fourth-order valence-corrected chi connectivity index (χ4v) is 2.11. The number of nitrogens with zero attached hydrogens (tertiary/aromatic N) is 1. The number of carbonyl (C=O) groups is 1. The van der Waals surface area contributed by atoms with Crippen molar-refractivity contribution in [2.45, 2.75) is 39.2 Å². The zero-order valence-electron chi connectivity index (χ0n) is 10.7. The van der Waals surface area contributed by atoms with Gasteiger partial charge in [-0.2, -0.15) is 0 Å². The molecule has 0 spiro atoms. The predicted octanol–water partition coefficient (Wildman–Crippen LogP) is 1.03. The smallest absolute Gasteiger partial charge is 0.314 e. The Balaban J connectivity index is 2.77. The summed E-state index contributed by atoms with van der Waals surface area (Å²) >= 11 is 0. The van der Waals surface area contributed by atoms with Gasteiger partial charge < -0.3 is 14.7 Å². The Hall–Kier alpha value is -0.610. The molecule has 16 heavy (non-hydrogen) atoms. The Morgan fingerprint density at radius 3 is 2.38 bits per heavy atom. The lowest BCUT2D eigenvalue weighted by Gasteiger charge is -2.45. The molecule has 1 heterocycles. The first-order chi connectivity index (χ1) is 7.33. The Labute approximate surface area is 97.6 Å². The van der Waals surface area contributed by atoms with Crippen molar-refractivity contribution >= 4 is 5.97 Å². The number of hydrogen-bond donors (Lipinski definition) is 1. The number of aliphatic hydroxyl groups is 1. The van der Waals surface area contributed by atoms with E-state index in [0.717, 1.165) is 13.1 Å². The van der Waals surface area contributed by atoms with Gasteiger partial charge in [-0.25, -0.2) is 0 Å². The molecule has 1 N–H and O–H groups in total. The second-order valence-electron chi connectivity index (χ2n) is 5.18. The minimum Gasteiger partial charge on any atom is -0.465 e. The summed E-state index contributed by atoms with van der Waals surface area (Å²) in [5, 5.41) is 10.6. The topological polar surface area (TPSA) is 49.8 Å². The van der Waals surface area contributed by atoms with Crippen molar-refractivity contribution in [2.24, 2.45) is 5.41 Å². The van der Waals surface area contributed by atoms with Crippen molar-refractivity contribution < 1.29 is 14.6 Å². The molecule has 0 atom stereocenters. The van der Waals surface area contributed by atoms with E-state index < -0.39 is 11.0 Å². The molecule has 0 radical (unpaired) electrons. The van der Waals surface area contributed by atoms with Gasteiger partial charge in [0.05, 0.1) is 17.6 Å². The highest BCUT2D eigenvalue weighted by molar-refractivity contribution is 5.77. The Bertz CT molecular complexity index is 255. The molecule has 1 rings (SSSR count). The van der Waals surface area contributed by atoms with E-state index in [-0.39, 0.29) is 5.97 Å². The maximum Gasteiger partial charge on any atom is 0.314 e. The average Bonchev–Trinajstić information content (AvgIpc) is 2.23. The second kappa shape index (κ2) is 4.72. The van der Waals surface area contributed by atoms with Crippen LogP contribution < -0.4 is 0 Å². The number of ether oxygens (including phenoxy) is 1. The maximum absolute atomic E-state index is 11.9. The molecule has 0 saturated carbocycles. The van der Waals surface area contributed by atoms with Crippen LogP contribution in [0.4, 0.5) is 0 Å². The Morgan fingerprint density at radius 1 is 1.44 bits per heavy atom. The van der Waals surface area contributed by atoms with Crippen LogP contribution in [0.15, 0.2) is 0 Å². The Morgan fingerprint density at radius 2 is 1.94 bits per heavy atom. The van der Waals surface area contributed by atoms with Gasteiger partial charge in [0.25, 0.3) is 0 Å². The molecule has 0 aliphatic carbocycles. The van der Waals surface area contributed by atoms with Crippen LogP contribution in [-0.2, 0) is 9.53 Å². The maximum atomic E-state index is 11.9.